The second-order valence-electron chi connectivity index (χ2n) is 4.76. The van der Waals surface area contributed by atoms with Gasteiger partial charge in [-0.1, -0.05) is 15.9 Å². The van der Waals surface area contributed by atoms with Gasteiger partial charge in [0.15, 0.2) is 0 Å². The molecular formula is C13H14BrF3N2O. The summed E-state index contributed by atoms with van der Waals surface area (Å²) in [5.74, 6) is -0.133. The molecule has 7 heteroatoms. The molecule has 1 aromatic rings. The molecule has 0 bridgehead atoms. The Morgan fingerprint density at radius 1 is 1.45 bits per heavy atom. The summed E-state index contributed by atoms with van der Waals surface area (Å²) in [4.78, 5) is 11.9. The fourth-order valence-electron chi connectivity index (χ4n) is 2.11. The third-order valence-corrected chi connectivity index (χ3v) is 3.94. The SMILES string of the molecule is O=C(NCC1CCNC1)c1ccc(Br)c(C(F)(F)F)c1. The Hall–Kier alpha value is -1.08. The van der Waals surface area contributed by atoms with Crippen molar-refractivity contribution in [3.8, 4) is 0 Å². The molecule has 3 nitrogen and oxygen atoms in total. The largest absolute Gasteiger partial charge is 0.417 e. The van der Waals surface area contributed by atoms with E-state index in [4.69, 9.17) is 0 Å². The Kier molecular flexibility index (Phi) is 4.70. The lowest BCUT2D eigenvalue weighted by molar-refractivity contribution is -0.138. The average molecular weight is 351 g/mol. The van der Waals surface area contributed by atoms with E-state index in [1.165, 1.54) is 12.1 Å². The van der Waals surface area contributed by atoms with Crippen LogP contribution in [0.25, 0.3) is 0 Å². The third kappa shape index (κ3) is 3.73. The zero-order valence-corrected chi connectivity index (χ0v) is 12.1. The van der Waals surface area contributed by atoms with Gasteiger partial charge in [0.1, 0.15) is 0 Å². The van der Waals surface area contributed by atoms with E-state index < -0.39 is 17.6 Å². The maximum absolute atomic E-state index is 12.8. The van der Waals surface area contributed by atoms with E-state index >= 15 is 0 Å². The molecular weight excluding hydrogens is 337 g/mol. The standard InChI is InChI=1S/C13H14BrF3N2O/c14-11-2-1-9(5-10(11)13(15,16)17)12(20)19-7-8-3-4-18-6-8/h1-2,5,8,18H,3-4,6-7H2,(H,19,20). The van der Waals surface area contributed by atoms with Gasteiger partial charge in [-0.05, 0) is 43.6 Å². The number of hydrogen-bond donors (Lipinski definition) is 2. The van der Waals surface area contributed by atoms with Gasteiger partial charge >= 0.3 is 6.18 Å². The molecule has 1 aliphatic rings. The van der Waals surface area contributed by atoms with E-state index in [-0.39, 0.29) is 10.0 Å². The number of benzene rings is 1. The molecule has 1 aromatic carbocycles. The van der Waals surface area contributed by atoms with Crippen molar-refractivity contribution in [3.63, 3.8) is 0 Å². The topological polar surface area (TPSA) is 41.1 Å². The highest BCUT2D eigenvalue weighted by molar-refractivity contribution is 9.10. The molecule has 0 saturated carbocycles. The predicted molar refractivity (Wildman–Crippen MR) is 72.5 cm³/mol. The van der Waals surface area contributed by atoms with Crippen LogP contribution in [0.4, 0.5) is 13.2 Å². The van der Waals surface area contributed by atoms with Crippen LogP contribution in [0.3, 0.4) is 0 Å². The highest BCUT2D eigenvalue weighted by Crippen LogP contribution is 2.35. The van der Waals surface area contributed by atoms with Gasteiger partial charge in [0.05, 0.1) is 5.56 Å². The Morgan fingerprint density at radius 3 is 2.80 bits per heavy atom. The minimum absolute atomic E-state index is 0.0199. The highest BCUT2D eigenvalue weighted by Gasteiger charge is 2.33. The van der Waals surface area contributed by atoms with Gasteiger partial charge in [0.25, 0.3) is 5.91 Å². The molecule has 2 rings (SSSR count). The average Bonchev–Trinajstić information content (AvgIpc) is 2.88. The first kappa shape index (κ1) is 15.3. The van der Waals surface area contributed by atoms with Crippen molar-refractivity contribution < 1.29 is 18.0 Å². The lowest BCUT2D eigenvalue weighted by Gasteiger charge is -2.13. The van der Waals surface area contributed by atoms with Crippen molar-refractivity contribution in [1.29, 1.82) is 0 Å². The Morgan fingerprint density at radius 2 is 2.20 bits per heavy atom. The first-order valence-corrected chi connectivity index (χ1v) is 7.03. The van der Waals surface area contributed by atoms with Crippen molar-refractivity contribution in [2.75, 3.05) is 19.6 Å². The maximum atomic E-state index is 12.8. The van der Waals surface area contributed by atoms with Crippen LogP contribution < -0.4 is 10.6 Å². The van der Waals surface area contributed by atoms with Gasteiger partial charge in [-0.3, -0.25) is 4.79 Å². The quantitative estimate of drug-likeness (QED) is 0.879. The predicted octanol–water partition coefficient (Wildman–Crippen LogP) is 2.81. The summed E-state index contributed by atoms with van der Waals surface area (Å²) < 4.78 is 38.2. The van der Waals surface area contributed by atoms with Gasteiger partial charge in [-0.25, -0.2) is 0 Å². The molecule has 1 aliphatic heterocycles. The molecule has 0 radical (unpaired) electrons. The number of carbonyl (C=O) groups is 1. The lowest BCUT2D eigenvalue weighted by atomic mass is 10.1. The number of alkyl halides is 3. The Balaban J connectivity index is 2.06. The van der Waals surface area contributed by atoms with Gasteiger partial charge in [0, 0.05) is 16.6 Å². The zero-order chi connectivity index (χ0) is 14.8. The highest BCUT2D eigenvalue weighted by atomic mass is 79.9. The summed E-state index contributed by atoms with van der Waals surface area (Å²) in [5.41, 5.74) is -0.820. The van der Waals surface area contributed by atoms with Gasteiger partial charge in [0.2, 0.25) is 0 Å². The molecule has 0 spiro atoms. The molecule has 1 unspecified atom stereocenters. The molecule has 20 heavy (non-hydrogen) atoms. The van der Waals surface area contributed by atoms with E-state index in [0.717, 1.165) is 25.6 Å². The molecule has 110 valence electrons. The second-order valence-corrected chi connectivity index (χ2v) is 5.62. The van der Waals surface area contributed by atoms with Crippen LogP contribution in [0.5, 0.6) is 0 Å². The van der Waals surface area contributed by atoms with Crippen LogP contribution in [0.15, 0.2) is 22.7 Å². The minimum atomic E-state index is -4.48. The first-order chi connectivity index (χ1) is 9.38. The molecule has 1 heterocycles. The normalized spacial score (nSPS) is 19.1. The van der Waals surface area contributed by atoms with E-state index in [0.29, 0.717) is 12.5 Å². The fourth-order valence-corrected chi connectivity index (χ4v) is 2.58. The number of nitrogens with one attached hydrogen (secondary N) is 2. The molecule has 0 aliphatic carbocycles. The van der Waals surface area contributed by atoms with Crippen LogP contribution >= 0.6 is 15.9 Å². The Labute approximate surface area is 123 Å². The van der Waals surface area contributed by atoms with E-state index in [1.54, 1.807) is 0 Å². The van der Waals surface area contributed by atoms with Crippen molar-refractivity contribution in [3.05, 3.63) is 33.8 Å². The Bertz CT molecular complexity index is 499. The zero-order valence-electron chi connectivity index (χ0n) is 10.6. The molecule has 1 atom stereocenters. The smallest absolute Gasteiger partial charge is 0.352 e. The molecule has 1 amide bonds. The van der Waals surface area contributed by atoms with Gasteiger partial charge in [-0.2, -0.15) is 13.2 Å². The van der Waals surface area contributed by atoms with Crippen molar-refractivity contribution in [2.24, 2.45) is 5.92 Å². The minimum Gasteiger partial charge on any atom is -0.352 e. The van der Waals surface area contributed by atoms with Crippen molar-refractivity contribution in [1.82, 2.24) is 10.6 Å². The van der Waals surface area contributed by atoms with Gasteiger partial charge < -0.3 is 10.6 Å². The first-order valence-electron chi connectivity index (χ1n) is 6.23. The van der Waals surface area contributed by atoms with E-state index in [2.05, 4.69) is 26.6 Å². The van der Waals surface area contributed by atoms with Gasteiger partial charge in [-0.15, -0.1) is 0 Å². The molecule has 0 aromatic heterocycles. The number of rotatable bonds is 3. The van der Waals surface area contributed by atoms with Crippen LogP contribution in [0.1, 0.15) is 22.3 Å². The van der Waals surface area contributed by atoms with Crippen molar-refractivity contribution in [2.45, 2.75) is 12.6 Å². The van der Waals surface area contributed by atoms with E-state index in [1.807, 2.05) is 0 Å². The van der Waals surface area contributed by atoms with Crippen LogP contribution in [-0.2, 0) is 6.18 Å². The maximum Gasteiger partial charge on any atom is 0.417 e. The van der Waals surface area contributed by atoms with Crippen molar-refractivity contribution >= 4 is 21.8 Å². The lowest BCUT2D eigenvalue weighted by Crippen LogP contribution is -2.30. The van der Waals surface area contributed by atoms with Crippen LogP contribution in [-0.4, -0.2) is 25.5 Å². The molecule has 1 saturated heterocycles. The summed E-state index contributed by atoms with van der Waals surface area (Å²) in [6.45, 7) is 2.22. The van der Waals surface area contributed by atoms with Crippen LogP contribution in [0, 0.1) is 5.92 Å². The second kappa shape index (κ2) is 6.13. The summed E-state index contributed by atoms with van der Waals surface area (Å²) in [6, 6.07) is 3.49. The number of carbonyl (C=O) groups excluding carboxylic acids is 1. The molecule has 2 N–H and O–H groups in total. The number of hydrogen-bond acceptors (Lipinski definition) is 2. The monoisotopic (exact) mass is 350 g/mol. The number of halogens is 4. The summed E-state index contributed by atoms with van der Waals surface area (Å²) in [5, 5.41) is 5.84. The third-order valence-electron chi connectivity index (χ3n) is 3.25. The molecule has 1 fully saturated rings. The van der Waals surface area contributed by atoms with Crippen LogP contribution in [0.2, 0.25) is 0 Å². The number of amides is 1. The summed E-state index contributed by atoms with van der Waals surface area (Å²) in [6.07, 6.45) is -3.51. The fraction of sp³-hybridized carbons (Fsp3) is 0.462. The summed E-state index contributed by atoms with van der Waals surface area (Å²) >= 11 is 2.85. The van der Waals surface area contributed by atoms with E-state index in [9.17, 15) is 18.0 Å². The summed E-state index contributed by atoms with van der Waals surface area (Å²) in [7, 11) is 0.